The molecule has 0 bridgehead atoms. The number of fused-ring (bicyclic) bond motifs is 1. The van der Waals surface area contributed by atoms with Gasteiger partial charge in [0, 0.05) is 25.0 Å². The van der Waals surface area contributed by atoms with E-state index in [2.05, 4.69) is 15.4 Å². The van der Waals surface area contributed by atoms with Crippen molar-refractivity contribution in [3.63, 3.8) is 0 Å². The Morgan fingerprint density at radius 1 is 1.25 bits per heavy atom. The van der Waals surface area contributed by atoms with Crippen molar-refractivity contribution < 1.29 is 0 Å². The van der Waals surface area contributed by atoms with Crippen molar-refractivity contribution in [2.75, 3.05) is 6.54 Å². The lowest BCUT2D eigenvalue weighted by atomic mass is 10.1. The Kier molecular flexibility index (Phi) is 4.11. The number of nitrogens with zero attached hydrogens (tertiary/aromatic N) is 4. The summed E-state index contributed by atoms with van der Waals surface area (Å²) in [6, 6.07) is 0.604. The van der Waals surface area contributed by atoms with E-state index < -0.39 is 0 Å². The van der Waals surface area contributed by atoms with Gasteiger partial charge in [-0.25, -0.2) is 13.9 Å². The van der Waals surface area contributed by atoms with Crippen LogP contribution in [0.1, 0.15) is 38.5 Å². The van der Waals surface area contributed by atoms with Gasteiger partial charge in [-0.2, -0.15) is 0 Å². The molecule has 2 aromatic rings. The Balaban J connectivity index is 1.59. The predicted molar refractivity (Wildman–Crippen MR) is 76.7 cm³/mol. The molecule has 1 N–H and O–H groups in total. The second-order valence-electron chi connectivity index (χ2n) is 5.45. The average molecular weight is 275 g/mol. The first-order chi connectivity index (χ1) is 9.84. The number of hydrogen-bond acceptors (Lipinski definition) is 4. The van der Waals surface area contributed by atoms with Crippen molar-refractivity contribution in [2.45, 2.75) is 51.1 Å². The van der Waals surface area contributed by atoms with E-state index in [4.69, 9.17) is 0 Å². The monoisotopic (exact) mass is 275 g/mol. The van der Waals surface area contributed by atoms with Crippen LogP contribution in [-0.4, -0.2) is 31.8 Å². The highest BCUT2D eigenvalue weighted by Crippen LogP contribution is 2.16. The fourth-order valence-electron chi connectivity index (χ4n) is 2.88. The summed E-state index contributed by atoms with van der Waals surface area (Å²) in [4.78, 5) is 16.1. The molecule has 3 rings (SSSR count). The summed E-state index contributed by atoms with van der Waals surface area (Å²) in [5, 5.41) is 7.84. The average Bonchev–Trinajstić information content (AvgIpc) is 2.66. The van der Waals surface area contributed by atoms with Crippen LogP contribution in [0.4, 0.5) is 0 Å². The van der Waals surface area contributed by atoms with Gasteiger partial charge in [0.05, 0.1) is 12.7 Å². The summed E-state index contributed by atoms with van der Waals surface area (Å²) in [6.45, 7) is 1.40. The first kappa shape index (κ1) is 13.3. The van der Waals surface area contributed by atoms with E-state index in [0.717, 1.165) is 6.54 Å². The molecule has 0 atom stereocenters. The van der Waals surface area contributed by atoms with E-state index >= 15 is 0 Å². The SMILES string of the molecule is O=c1n(CCNC2CCCCCC2)nc2cnccn12. The molecule has 0 radical (unpaired) electrons. The van der Waals surface area contributed by atoms with Gasteiger partial charge in [-0.15, -0.1) is 5.10 Å². The third kappa shape index (κ3) is 2.90. The van der Waals surface area contributed by atoms with Crippen LogP contribution in [0.3, 0.4) is 0 Å². The van der Waals surface area contributed by atoms with E-state index in [1.807, 2.05) is 0 Å². The topological polar surface area (TPSA) is 64.2 Å². The van der Waals surface area contributed by atoms with E-state index in [9.17, 15) is 4.79 Å². The van der Waals surface area contributed by atoms with Crippen molar-refractivity contribution in [3.8, 4) is 0 Å². The number of hydrogen-bond donors (Lipinski definition) is 1. The highest BCUT2D eigenvalue weighted by molar-refractivity contribution is 5.31. The van der Waals surface area contributed by atoms with Crippen LogP contribution in [0.5, 0.6) is 0 Å². The maximum Gasteiger partial charge on any atom is 0.350 e. The molecule has 1 saturated carbocycles. The Morgan fingerprint density at radius 2 is 2.05 bits per heavy atom. The highest BCUT2D eigenvalue weighted by atomic mass is 16.2. The van der Waals surface area contributed by atoms with Gasteiger partial charge in [0.25, 0.3) is 0 Å². The molecule has 6 nitrogen and oxygen atoms in total. The van der Waals surface area contributed by atoms with Gasteiger partial charge in [-0.1, -0.05) is 25.7 Å². The summed E-state index contributed by atoms with van der Waals surface area (Å²) in [5.74, 6) is 0. The largest absolute Gasteiger partial charge is 0.350 e. The molecule has 1 aliphatic carbocycles. The van der Waals surface area contributed by atoms with Gasteiger partial charge in [-0.3, -0.25) is 4.98 Å². The normalized spacial score (nSPS) is 17.4. The number of aromatic nitrogens is 4. The van der Waals surface area contributed by atoms with Gasteiger partial charge >= 0.3 is 5.69 Å². The molecule has 0 saturated heterocycles. The molecular formula is C14H21N5O. The molecule has 2 aromatic heterocycles. The molecule has 0 unspecified atom stereocenters. The van der Waals surface area contributed by atoms with E-state index in [1.165, 1.54) is 47.6 Å². The van der Waals surface area contributed by atoms with Crippen molar-refractivity contribution in [3.05, 3.63) is 29.1 Å². The van der Waals surface area contributed by atoms with Crippen molar-refractivity contribution >= 4 is 5.65 Å². The maximum absolute atomic E-state index is 12.1. The minimum absolute atomic E-state index is 0.0925. The minimum Gasteiger partial charge on any atom is -0.312 e. The Morgan fingerprint density at radius 3 is 2.80 bits per heavy atom. The summed E-state index contributed by atoms with van der Waals surface area (Å²) in [7, 11) is 0. The predicted octanol–water partition coefficient (Wildman–Crippen LogP) is 1.20. The summed E-state index contributed by atoms with van der Waals surface area (Å²) >= 11 is 0. The van der Waals surface area contributed by atoms with Crippen molar-refractivity contribution in [1.29, 1.82) is 0 Å². The van der Waals surface area contributed by atoms with Crippen LogP contribution < -0.4 is 11.0 Å². The molecule has 0 amide bonds. The molecule has 0 aliphatic heterocycles. The van der Waals surface area contributed by atoms with Gasteiger partial charge in [0.2, 0.25) is 0 Å². The second kappa shape index (κ2) is 6.17. The molecule has 20 heavy (non-hydrogen) atoms. The smallest absolute Gasteiger partial charge is 0.312 e. The first-order valence-electron chi connectivity index (χ1n) is 7.47. The quantitative estimate of drug-likeness (QED) is 0.852. The van der Waals surface area contributed by atoms with Crippen LogP contribution in [0.2, 0.25) is 0 Å². The third-order valence-corrected chi connectivity index (χ3v) is 4.00. The van der Waals surface area contributed by atoms with Crippen LogP contribution in [-0.2, 0) is 6.54 Å². The lowest BCUT2D eigenvalue weighted by molar-refractivity contribution is 0.433. The maximum atomic E-state index is 12.1. The molecule has 0 aromatic carbocycles. The Labute approximate surface area is 117 Å². The zero-order valence-electron chi connectivity index (χ0n) is 11.7. The fraction of sp³-hybridized carbons (Fsp3) is 0.643. The number of rotatable bonds is 4. The zero-order valence-corrected chi connectivity index (χ0v) is 11.7. The van der Waals surface area contributed by atoms with Crippen molar-refractivity contribution in [1.82, 2.24) is 24.5 Å². The highest BCUT2D eigenvalue weighted by Gasteiger charge is 2.12. The number of nitrogens with one attached hydrogen (secondary N) is 1. The summed E-state index contributed by atoms with van der Waals surface area (Å²) < 4.78 is 3.04. The van der Waals surface area contributed by atoms with Crippen LogP contribution in [0.25, 0.3) is 5.65 Å². The van der Waals surface area contributed by atoms with Crippen LogP contribution in [0.15, 0.2) is 23.4 Å². The Bertz CT molecular complexity index is 609. The lowest BCUT2D eigenvalue weighted by Gasteiger charge is -2.15. The summed E-state index contributed by atoms with van der Waals surface area (Å²) in [6.07, 6.45) is 12.7. The fourth-order valence-corrected chi connectivity index (χ4v) is 2.88. The van der Waals surface area contributed by atoms with E-state index in [1.54, 1.807) is 18.6 Å². The van der Waals surface area contributed by atoms with E-state index in [0.29, 0.717) is 18.2 Å². The molecule has 108 valence electrons. The molecule has 6 heteroatoms. The van der Waals surface area contributed by atoms with Gasteiger partial charge < -0.3 is 5.32 Å². The minimum atomic E-state index is -0.0925. The van der Waals surface area contributed by atoms with Gasteiger partial charge in [-0.05, 0) is 12.8 Å². The molecule has 1 fully saturated rings. The van der Waals surface area contributed by atoms with Crippen molar-refractivity contribution in [2.24, 2.45) is 0 Å². The Hall–Kier alpha value is -1.69. The lowest BCUT2D eigenvalue weighted by Crippen LogP contribution is -2.34. The van der Waals surface area contributed by atoms with E-state index in [-0.39, 0.29) is 5.69 Å². The second-order valence-corrected chi connectivity index (χ2v) is 5.45. The standard InChI is InChI=1S/C14H21N5O/c20-14-18-9-7-15-11-13(18)17-19(14)10-8-16-12-5-3-1-2-4-6-12/h7,9,11-12,16H,1-6,8,10H2. The van der Waals surface area contributed by atoms with Gasteiger partial charge in [0.15, 0.2) is 5.65 Å². The first-order valence-corrected chi connectivity index (χ1v) is 7.47. The molecule has 1 aliphatic rings. The zero-order chi connectivity index (χ0) is 13.8. The molecule has 2 heterocycles. The molecule has 0 spiro atoms. The summed E-state index contributed by atoms with van der Waals surface area (Å²) in [5.41, 5.74) is 0.511. The van der Waals surface area contributed by atoms with Crippen LogP contribution in [0, 0.1) is 0 Å². The molecular weight excluding hydrogens is 254 g/mol. The van der Waals surface area contributed by atoms with Gasteiger partial charge in [0.1, 0.15) is 0 Å². The third-order valence-electron chi connectivity index (χ3n) is 4.00. The van der Waals surface area contributed by atoms with Crippen LogP contribution >= 0.6 is 0 Å².